The number of rotatable bonds is 2. The fraction of sp³-hybridized carbons (Fsp3) is 0.636. The highest BCUT2D eigenvalue weighted by Crippen LogP contribution is 2.43. The monoisotopic (exact) mass is 297 g/mol. The number of aromatic nitrogens is 2. The Bertz CT molecular complexity index is 656. The fourth-order valence-electron chi connectivity index (χ4n) is 2.53. The van der Waals surface area contributed by atoms with E-state index in [1.165, 1.54) is 0 Å². The van der Waals surface area contributed by atoms with Gasteiger partial charge in [0.2, 0.25) is 0 Å². The minimum Gasteiger partial charge on any atom is -0.461 e. The zero-order chi connectivity index (χ0) is 14.3. The van der Waals surface area contributed by atoms with Crippen LogP contribution < -0.4 is 10.3 Å². The van der Waals surface area contributed by atoms with Gasteiger partial charge in [-0.25, -0.2) is 0 Å². The van der Waals surface area contributed by atoms with Crippen molar-refractivity contribution >= 4 is 11.6 Å². The maximum Gasteiger partial charge on any atom is 0.301 e. The first-order valence-corrected chi connectivity index (χ1v) is 6.63. The molecule has 20 heavy (non-hydrogen) atoms. The highest BCUT2D eigenvalue weighted by molar-refractivity contribution is 6.18. The zero-order valence-corrected chi connectivity index (χ0v) is 11.4. The minimum absolute atomic E-state index is 0.0895. The van der Waals surface area contributed by atoms with Crippen LogP contribution >= 0.6 is 11.6 Å². The molecule has 0 amide bonds. The van der Waals surface area contributed by atoms with Crippen molar-refractivity contribution in [2.45, 2.75) is 31.2 Å². The summed E-state index contributed by atoms with van der Waals surface area (Å²) in [6.45, 7) is 1.76. The van der Waals surface area contributed by atoms with Crippen LogP contribution in [0.3, 0.4) is 0 Å². The molecule has 8 nitrogen and oxygen atoms in total. The van der Waals surface area contributed by atoms with E-state index in [4.69, 9.17) is 26.6 Å². The number of fused-ring (bicyclic) bond motifs is 4. The van der Waals surface area contributed by atoms with E-state index in [1.807, 2.05) is 0 Å². The van der Waals surface area contributed by atoms with Gasteiger partial charge in [0, 0.05) is 23.1 Å². The first-order chi connectivity index (χ1) is 9.59. The molecule has 3 rings (SSSR count). The van der Waals surface area contributed by atoms with Crippen molar-refractivity contribution in [2.24, 2.45) is 5.11 Å². The van der Waals surface area contributed by atoms with E-state index in [-0.39, 0.29) is 24.1 Å². The Morgan fingerprint density at radius 2 is 2.55 bits per heavy atom. The largest absolute Gasteiger partial charge is 0.461 e. The SMILES string of the molecule is Cc1cn2c(nc1=O)OC[C@@]1(CCl)O[C@@H]2C[C@@H]1N=[N+]=[N-]. The van der Waals surface area contributed by atoms with Crippen molar-refractivity contribution in [3.63, 3.8) is 0 Å². The summed E-state index contributed by atoms with van der Waals surface area (Å²) >= 11 is 5.99. The third kappa shape index (κ3) is 1.84. The van der Waals surface area contributed by atoms with Crippen molar-refractivity contribution in [3.8, 4) is 6.01 Å². The summed E-state index contributed by atoms with van der Waals surface area (Å²) in [5.41, 5.74) is 7.93. The van der Waals surface area contributed by atoms with Crippen molar-refractivity contribution < 1.29 is 9.47 Å². The quantitative estimate of drug-likeness (QED) is 0.357. The molecule has 0 saturated carbocycles. The maximum absolute atomic E-state index is 11.6. The Balaban J connectivity index is 2.08. The van der Waals surface area contributed by atoms with Crippen LogP contribution in [0.5, 0.6) is 6.01 Å². The Labute approximate surface area is 118 Å². The van der Waals surface area contributed by atoms with E-state index in [0.717, 1.165) is 0 Å². The molecule has 1 aromatic rings. The molecule has 106 valence electrons. The molecule has 2 aliphatic heterocycles. The van der Waals surface area contributed by atoms with Gasteiger partial charge >= 0.3 is 6.01 Å². The number of hydrogen-bond donors (Lipinski definition) is 0. The standard InChI is InChI=1S/C11H12ClN5O3/c1-6-3-17-8-2-7(15-16-13)11(4-12,20-8)5-19-10(17)14-9(6)18/h3,7-8H,2,4-5H2,1H3/t7-,8+,11+/m0/s1. The molecule has 1 fully saturated rings. The van der Waals surface area contributed by atoms with Gasteiger partial charge in [0.25, 0.3) is 5.56 Å². The molecule has 0 spiro atoms. The number of azide groups is 1. The van der Waals surface area contributed by atoms with Gasteiger partial charge in [-0.15, -0.1) is 11.6 Å². The van der Waals surface area contributed by atoms with E-state index in [1.54, 1.807) is 17.7 Å². The Morgan fingerprint density at radius 1 is 1.75 bits per heavy atom. The van der Waals surface area contributed by atoms with E-state index in [9.17, 15) is 4.79 Å². The molecule has 0 aromatic carbocycles. The summed E-state index contributed by atoms with van der Waals surface area (Å²) in [6.07, 6.45) is 1.70. The zero-order valence-electron chi connectivity index (χ0n) is 10.7. The number of nitrogens with zero attached hydrogens (tertiary/aromatic N) is 5. The second kappa shape index (κ2) is 4.66. The Morgan fingerprint density at radius 3 is 3.25 bits per heavy atom. The lowest BCUT2D eigenvalue weighted by molar-refractivity contribution is -0.0646. The van der Waals surface area contributed by atoms with Crippen molar-refractivity contribution in [3.05, 3.63) is 32.6 Å². The van der Waals surface area contributed by atoms with Gasteiger partial charge in [0.1, 0.15) is 18.4 Å². The lowest BCUT2D eigenvalue weighted by Gasteiger charge is -2.27. The van der Waals surface area contributed by atoms with Crippen molar-refractivity contribution in [1.29, 1.82) is 0 Å². The van der Waals surface area contributed by atoms with Gasteiger partial charge in [-0.3, -0.25) is 9.36 Å². The highest BCUT2D eigenvalue weighted by Gasteiger charge is 2.51. The number of halogens is 1. The van der Waals surface area contributed by atoms with Gasteiger partial charge < -0.3 is 9.47 Å². The molecular weight excluding hydrogens is 286 g/mol. The van der Waals surface area contributed by atoms with Crippen LogP contribution in [0.15, 0.2) is 16.1 Å². The third-order valence-corrected chi connectivity index (χ3v) is 4.12. The Kier molecular flexibility index (Phi) is 3.08. The van der Waals surface area contributed by atoms with Crippen LogP contribution in [0.25, 0.3) is 10.4 Å². The molecule has 3 heterocycles. The summed E-state index contributed by atoms with van der Waals surface area (Å²) in [7, 11) is 0. The van der Waals surface area contributed by atoms with Crippen LogP contribution in [0.2, 0.25) is 0 Å². The smallest absolute Gasteiger partial charge is 0.301 e. The second-order valence-electron chi connectivity index (χ2n) is 4.93. The molecule has 1 aromatic heterocycles. The first kappa shape index (κ1) is 13.2. The topological polar surface area (TPSA) is 102 Å². The molecule has 0 aliphatic carbocycles. The number of aryl methyl sites for hydroxylation is 1. The van der Waals surface area contributed by atoms with Gasteiger partial charge in [0.05, 0.1) is 11.9 Å². The molecule has 2 bridgehead atoms. The summed E-state index contributed by atoms with van der Waals surface area (Å²) in [5, 5.41) is 3.76. The number of hydrogen-bond acceptors (Lipinski definition) is 5. The molecule has 2 aliphatic rings. The van der Waals surface area contributed by atoms with Crippen LogP contribution in [0, 0.1) is 6.92 Å². The lowest BCUT2D eigenvalue weighted by atomic mass is 9.97. The van der Waals surface area contributed by atoms with Crippen LogP contribution in [-0.4, -0.2) is 33.7 Å². The van der Waals surface area contributed by atoms with Crippen LogP contribution in [0.1, 0.15) is 18.2 Å². The average Bonchev–Trinajstić information content (AvgIpc) is 2.71. The summed E-state index contributed by atoms with van der Waals surface area (Å²) < 4.78 is 13.1. The van der Waals surface area contributed by atoms with E-state index in [0.29, 0.717) is 12.0 Å². The van der Waals surface area contributed by atoms with Crippen molar-refractivity contribution in [2.75, 3.05) is 12.5 Å². The Hall–Kier alpha value is -1.76. The highest BCUT2D eigenvalue weighted by atomic mass is 35.5. The van der Waals surface area contributed by atoms with Gasteiger partial charge in [-0.05, 0) is 12.5 Å². The van der Waals surface area contributed by atoms with E-state index in [2.05, 4.69) is 15.0 Å². The second-order valence-corrected chi connectivity index (χ2v) is 5.20. The lowest BCUT2D eigenvalue weighted by Crippen LogP contribution is -2.45. The van der Waals surface area contributed by atoms with Gasteiger partial charge in [0.15, 0.2) is 0 Å². The molecule has 9 heteroatoms. The average molecular weight is 298 g/mol. The molecule has 1 saturated heterocycles. The summed E-state index contributed by atoms with van der Waals surface area (Å²) in [6, 6.07) is -0.208. The predicted octanol–water partition coefficient (Wildman–Crippen LogP) is 1.52. The van der Waals surface area contributed by atoms with Crippen LogP contribution in [-0.2, 0) is 4.74 Å². The molecular formula is C11H12ClN5O3. The maximum atomic E-state index is 11.6. The first-order valence-electron chi connectivity index (χ1n) is 6.10. The molecule has 0 radical (unpaired) electrons. The molecule has 0 unspecified atom stereocenters. The number of alkyl halides is 1. The minimum atomic E-state index is -0.886. The summed E-state index contributed by atoms with van der Waals surface area (Å²) in [4.78, 5) is 18.3. The van der Waals surface area contributed by atoms with Crippen molar-refractivity contribution in [1.82, 2.24) is 9.55 Å². The molecule has 0 N–H and O–H groups in total. The van der Waals surface area contributed by atoms with E-state index >= 15 is 0 Å². The van der Waals surface area contributed by atoms with Gasteiger partial charge in [-0.1, -0.05) is 5.11 Å². The summed E-state index contributed by atoms with van der Waals surface area (Å²) in [5.74, 6) is 0.130. The van der Waals surface area contributed by atoms with E-state index < -0.39 is 17.9 Å². The number of ether oxygens (including phenoxy) is 2. The normalized spacial score (nSPS) is 30.9. The fourth-order valence-corrected chi connectivity index (χ4v) is 2.85. The van der Waals surface area contributed by atoms with Crippen LogP contribution in [0.4, 0.5) is 0 Å². The predicted molar refractivity (Wildman–Crippen MR) is 69.9 cm³/mol. The third-order valence-electron chi connectivity index (χ3n) is 3.66. The van der Waals surface area contributed by atoms with Gasteiger partial charge in [-0.2, -0.15) is 4.98 Å². The molecule has 3 atom stereocenters.